The molecule has 182 valence electrons. The average molecular weight is 467 g/mol. The lowest BCUT2D eigenvalue weighted by atomic mass is 9.60. The second-order valence-electron chi connectivity index (χ2n) is 14.2. The first kappa shape index (κ1) is 27.3. The zero-order valence-electron chi connectivity index (χ0n) is 23.2. The van der Waals surface area contributed by atoms with E-state index in [4.69, 9.17) is 8.85 Å². The molecular weight excluding hydrogens is 412 g/mol. The van der Waals surface area contributed by atoms with Crippen LogP contribution in [0.25, 0.3) is 0 Å². The predicted octanol–water partition coefficient (Wildman–Crippen LogP) is 8.52. The first-order valence-corrected chi connectivity index (χ1v) is 18.6. The summed E-state index contributed by atoms with van der Waals surface area (Å²) in [6.45, 7) is 32.9. The van der Waals surface area contributed by atoms with Gasteiger partial charge in [-0.3, -0.25) is 0 Å². The predicted molar refractivity (Wildman–Crippen MR) is 142 cm³/mol. The Balaban J connectivity index is 2.22. The molecule has 4 heteroatoms. The van der Waals surface area contributed by atoms with Crippen molar-refractivity contribution >= 4 is 16.6 Å². The van der Waals surface area contributed by atoms with Crippen LogP contribution >= 0.6 is 0 Å². The molecule has 0 aromatic heterocycles. The van der Waals surface area contributed by atoms with E-state index in [1.807, 2.05) is 0 Å². The quantitative estimate of drug-likeness (QED) is 0.276. The lowest BCUT2D eigenvalue weighted by molar-refractivity contribution is 0.0436. The third-order valence-corrected chi connectivity index (χ3v) is 18.9. The van der Waals surface area contributed by atoms with Gasteiger partial charge in [0.15, 0.2) is 16.6 Å². The normalized spacial score (nSPS) is 32.6. The molecule has 0 bridgehead atoms. The third-order valence-electron chi connectivity index (χ3n) is 9.86. The Labute approximate surface area is 197 Å². The second kappa shape index (κ2) is 9.04. The van der Waals surface area contributed by atoms with Gasteiger partial charge in [-0.2, -0.15) is 0 Å². The van der Waals surface area contributed by atoms with Crippen LogP contribution in [0.4, 0.5) is 0 Å². The van der Waals surface area contributed by atoms with E-state index >= 15 is 0 Å². The summed E-state index contributed by atoms with van der Waals surface area (Å²) in [5.41, 5.74) is 0.245. The molecule has 0 radical (unpaired) electrons. The van der Waals surface area contributed by atoms with Crippen molar-refractivity contribution in [2.24, 2.45) is 35.0 Å². The largest absolute Gasteiger partial charge is 0.417 e. The molecule has 0 N–H and O–H groups in total. The first-order valence-electron chi connectivity index (χ1n) is 12.8. The highest BCUT2D eigenvalue weighted by Crippen LogP contribution is 2.57. The van der Waals surface area contributed by atoms with Gasteiger partial charge in [-0.05, 0) is 84.1 Å². The van der Waals surface area contributed by atoms with Gasteiger partial charge < -0.3 is 8.85 Å². The van der Waals surface area contributed by atoms with Gasteiger partial charge in [-0.25, -0.2) is 0 Å². The molecule has 0 heterocycles. The number of hydrogen-bond acceptors (Lipinski definition) is 2. The molecule has 1 fully saturated rings. The van der Waals surface area contributed by atoms with Gasteiger partial charge in [-0.15, -0.1) is 0 Å². The van der Waals surface area contributed by atoms with E-state index in [0.29, 0.717) is 29.6 Å². The topological polar surface area (TPSA) is 18.5 Å². The van der Waals surface area contributed by atoms with Crippen molar-refractivity contribution in [3.05, 3.63) is 12.2 Å². The van der Waals surface area contributed by atoms with Crippen LogP contribution in [-0.4, -0.2) is 29.8 Å². The van der Waals surface area contributed by atoms with Crippen molar-refractivity contribution in [3.63, 3.8) is 0 Å². The molecular formula is C27H54O2Si2. The van der Waals surface area contributed by atoms with E-state index in [9.17, 15) is 0 Å². The summed E-state index contributed by atoms with van der Waals surface area (Å²) in [4.78, 5) is 0. The van der Waals surface area contributed by atoms with Crippen LogP contribution in [0.1, 0.15) is 75.2 Å². The Bertz CT molecular complexity index is 639. The van der Waals surface area contributed by atoms with E-state index in [2.05, 4.69) is 101 Å². The van der Waals surface area contributed by atoms with Crippen molar-refractivity contribution < 1.29 is 8.85 Å². The van der Waals surface area contributed by atoms with Crippen LogP contribution in [0.2, 0.25) is 36.3 Å². The van der Waals surface area contributed by atoms with Gasteiger partial charge in [0.2, 0.25) is 0 Å². The second-order valence-corrected chi connectivity index (χ2v) is 23.9. The summed E-state index contributed by atoms with van der Waals surface area (Å²) in [6, 6.07) is 0. The Hall–Kier alpha value is 0.0938. The standard InChI is InChI=1S/C27H54O2Si2/c1-20(2)22-16-17-27(9)21(18-28-30(10,11)25(3,4)5)14-15-24(27)23(22)19-29-31(12,13)26(6,7)8/h16-17,20-24H,14-15,18-19H2,1-13H3/t21?,22-,23-,24-,27-/m1/s1. The van der Waals surface area contributed by atoms with Gasteiger partial charge in [0.25, 0.3) is 0 Å². The zero-order valence-corrected chi connectivity index (χ0v) is 25.2. The van der Waals surface area contributed by atoms with Gasteiger partial charge in [0.05, 0.1) is 0 Å². The molecule has 0 aliphatic heterocycles. The number of fused-ring (bicyclic) bond motifs is 1. The van der Waals surface area contributed by atoms with E-state index < -0.39 is 16.6 Å². The van der Waals surface area contributed by atoms with Crippen molar-refractivity contribution in [2.75, 3.05) is 13.2 Å². The summed E-state index contributed by atoms with van der Waals surface area (Å²) in [6.07, 6.45) is 7.77. The monoisotopic (exact) mass is 466 g/mol. The molecule has 1 saturated carbocycles. The van der Waals surface area contributed by atoms with Crippen molar-refractivity contribution in [2.45, 2.75) is 111 Å². The summed E-state index contributed by atoms with van der Waals surface area (Å²) >= 11 is 0. The Morgan fingerprint density at radius 2 is 1.35 bits per heavy atom. The zero-order chi connectivity index (χ0) is 24.0. The lowest BCUT2D eigenvalue weighted by Gasteiger charge is -2.48. The molecule has 31 heavy (non-hydrogen) atoms. The molecule has 2 aliphatic rings. The maximum absolute atomic E-state index is 6.84. The summed E-state index contributed by atoms with van der Waals surface area (Å²) in [7, 11) is -3.46. The number of hydrogen-bond donors (Lipinski definition) is 0. The fourth-order valence-electron chi connectivity index (χ4n) is 5.22. The molecule has 0 aromatic rings. The molecule has 0 spiro atoms. The molecule has 2 rings (SSSR count). The minimum Gasteiger partial charge on any atom is -0.417 e. The summed E-state index contributed by atoms with van der Waals surface area (Å²) in [5.74, 6) is 3.26. The SMILES string of the molecule is CC(C)[C@H]1C=C[C@]2(C)C(CO[Si](C)(C)C(C)(C)C)CC[C@@H]2[C@@H]1CO[Si](C)(C)C(C)(C)C. The fraction of sp³-hybridized carbons (Fsp3) is 0.926. The van der Waals surface area contributed by atoms with Crippen LogP contribution in [0.15, 0.2) is 12.2 Å². The molecule has 2 nitrogen and oxygen atoms in total. The fourth-order valence-corrected chi connectivity index (χ4v) is 7.32. The van der Waals surface area contributed by atoms with Crippen molar-refractivity contribution in [1.82, 2.24) is 0 Å². The summed E-state index contributed by atoms with van der Waals surface area (Å²) < 4.78 is 13.6. The van der Waals surface area contributed by atoms with Crippen LogP contribution in [0.3, 0.4) is 0 Å². The minimum atomic E-state index is -1.74. The maximum atomic E-state index is 6.84. The Morgan fingerprint density at radius 1 is 0.871 bits per heavy atom. The Kier molecular flexibility index (Phi) is 7.97. The highest BCUT2D eigenvalue weighted by molar-refractivity contribution is 6.74. The molecule has 0 saturated heterocycles. The summed E-state index contributed by atoms with van der Waals surface area (Å²) in [5, 5.41) is 0.542. The smallest absolute Gasteiger partial charge is 0.191 e. The molecule has 2 aliphatic carbocycles. The lowest BCUT2D eigenvalue weighted by Crippen LogP contribution is -2.47. The van der Waals surface area contributed by atoms with Gasteiger partial charge >= 0.3 is 0 Å². The van der Waals surface area contributed by atoms with Gasteiger partial charge in [-0.1, -0.05) is 74.5 Å². The molecule has 0 aromatic carbocycles. The van der Waals surface area contributed by atoms with E-state index in [-0.39, 0.29) is 15.5 Å². The third kappa shape index (κ3) is 5.61. The average Bonchev–Trinajstić information content (AvgIpc) is 2.92. The Morgan fingerprint density at radius 3 is 1.81 bits per heavy atom. The van der Waals surface area contributed by atoms with E-state index in [1.54, 1.807) is 0 Å². The first-order chi connectivity index (χ1) is 13.8. The van der Waals surface area contributed by atoms with E-state index in [1.165, 1.54) is 12.8 Å². The number of allylic oxidation sites excluding steroid dienone is 2. The minimum absolute atomic E-state index is 0.245. The van der Waals surface area contributed by atoms with Crippen LogP contribution in [0.5, 0.6) is 0 Å². The highest BCUT2D eigenvalue weighted by atomic mass is 28.4. The van der Waals surface area contributed by atoms with Crippen LogP contribution in [-0.2, 0) is 8.85 Å². The van der Waals surface area contributed by atoms with Gasteiger partial charge in [0, 0.05) is 13.2 Å². The highest BCUT2D eigenvalue weighted by Gasteiger charge is 2.53. The van der Waals surface area contributed by atoms with Gasteiger partial charge in [0.1, 0.15) is 0 Å². The van der Waals surface area contributed by atoms with E-state index in [0.717, 1.165) is 13.2 Å². The molecule has 0 amide bonds. The maximum Gasteiger partial charge on any atom is 0.191 e. The molecule has 5 atom stereocenters. The molecule has 1 unspecified atom stereocenters. The van der Waals surface area contributed by atoms with Crippen molar-refractivity contribution in [3.8, 4) is 0 Å². The van der Waals surface area contributed by atoms with Crippen LogP contribution in [0, 0.1) is 35.0 Å². The number of rotatable bonds is 7. The van der Waals surface area contributed by atoms with Crippen LogP contribution < -0.4 is 0 Å². The van der Waals surface area contributed by atoms with Crippen molar-refractivity contribution in [1.29, 1.82) is 0 Å².